The lowest BCUT2D eigenvalue weighted by Gasteiger charge is -2.50. The Morgan fingerprint density at radius 1 is 1.15 bits per heavy atom. The van der Waals surface area contributed by atoms with E-state index in [1.165, 1.54) is 45.4 Å². The van der Waals surface area contributed by atoms with Gasteiger partial charge in [-0.2, -0.15) is 0 Å². The fourth-order valence-corrected chi connectivity index (χ4v) is 4.52. The summed E-state index contributed by atoms with van der Waals surface area (Å²) in [5, 5.41) is 9.24. The summed E-state index contributed by atoms with van der Waals surface area (Å²) in [6.45, 7) is 6.80. The van der Waals surface area contributed by atoms with Crippen LogP contribution in [0.1, 0.15) is 39.0 Å². The topological polar surface area (TPSA) is 43.8 Å². The van der Waals surface area contributed by atoms with Gasteiger partial charge in [0.1, 0.15) is 0 Å². The average Bonchev–Trinajstić information content (AvgIpc) is 2.81. The van der Waals surface area contributed by atoms with Gasteiger partial charge in [0, 0.05) is 19.1 Å². The molecule has 1 N–H and O–H groups in total. The standard InChI is InChI=1S/C16H28N2O2/c1-16(15(19)20)8-14(9-16)18-6-3-4-12(11-18)13-5-7-17(2)10-13/h12-14H,3-11H2,1-2H3,(H,19,20). The molecule has 20 heavy (non-hydrogen) atoms. The van der Waals surface area contributed by atoms with Gasteiger partial charge >= 0.3 is 5.97 Å². The van der Waals surface area contributed by atoms with Crippen LogP contribution < -0.4 is 0 Å². The van der Waals surface area contributed by atoms with Gasteiger partial charge in [0.05, 0.1) is 5.41 Å². The highest BCUT2D eigenvalue weighted by Crippen LogP contribution is 2.45. The Balaban J connectivity index is 1.53. The van der Waals surface area contributed by atoms with Gasteiger partial charge in [0.25, 0.3) is 0 Å². The molecular formula is C16H28N2O2. The van der Waals surface area contributed by atoms with Crippen LogP contribution in [0.15, 0.2) is 0 Å². The normalized spacial score (nSPS) is 43.4. The molecule has 3 fully saturated rings. The van der Waals surface area contributed by atoms with Crippen molar-refractivity contribution in [3.63, 3.8) is 0 Å². The summed E-state index contributed by atoms with van der Waals surface area (Å²) < 4.78 is 0. The van der Waals surface area contributed by atoms with Gasteiger partial charge < -0.3 is 14.9 Å². The van der Waals surface area contributed by atoms with Crippen LogP contribution in [0, 0.1) is 17.3 Å². The highest BCUT2D eigenvalue weighted by Gasteiger charge is 2.49. The predicted molar refractivity (Wildman–Crippen MR) is 78.7 cm³/mol. The zero-order chi connectivity index (χ0) is 14.3. The minimum absolute atomic E-state index is 0.453. The largest absolute Gasteiger partial charge is 0.481 e. The summed E-state index contributed by atoms with van der Waals surface area (Å²) in [7, 11) is 2.23. The van der Waals surface area contributed by atoms with E-state index in [0.29, 0.717) is 6.04 Å². The predicted octanol–water partition coefficient (Wildman–Crippen LogP) is 1.90. The van der Waals surface area contributed by atoms with Crippen molar-refractivity contribution in [3.8, 4) is 0 Å². The third-order valence-corrected chi connectivity index (χ3v) is 5.99. The van der Waals surface area contributed by atoms with Gasteiger partial charge in [0.2, 0.25) is 0 Å². The van der Waals surface area contributed by atoms with Crippen molar-refractivity contribution >= 4 is 5.97 Å². The molecule has 4 heteroatoms. The number of hydrogen-bond donors (Lipinski definition) is 1. The molecule has 114 valence electrons. The molecule has 1 aliphatic carbocycles. The van der Waals surface area contributed by atoms with Crippen molar-refractivity contribution in [1.29, 1.82) is 0 Å². The van der Waals surface area contributed by atoms with Crippen molar-refractivity contribution in [2.24, 2.45) is 17.3 Å². The fourth-order valence-electron chi connectivity index (χ4n) is 4.52. The van der Waals surface area contributed by atoms with Gasteiger partial charge in [-0.25, -0.2) is 0 Å². The number of hydrogen-bond acceptors (Lipinski definition) is 3. The molecule has 0 aromatic carbocycles. The fraction of sp³-hybridized carbons (Fsp3) is 0.938. The van der Waals surface area contributed by atoms with E-state index in [1.807, 2.05) is 6.92 Å². The first-order valence-corrected chi connectivity index (χ1v) is 8.14. The van der Waals surface area contributed by atoms with Crippen molar-refractivity contribution in [2.75, 3.05) is 33.2 Å². The van der Waals surface area contributed by atoms with Crippen molar-refractivity contribution in [3.05, 3.63) is 0 Å². The van der Waals surface area contributed by atoms with Crippen LogP contribution in [-0.2, 0) is 4.79 Å². The zero-order valence-electron chi connectivity index (χ0n) is 12.8. The Morgan fingerprint density at radius 2 is 1.85 bits per heavy atom. The molecule has 2 atom stereocenters. The number of aliphatic carboxylic acids is 1. The van der Waals surface area contributed by atoms with Crippen molar-refractivity contribution < 1.29 is 9.90 Å². The third kappa shape index (κ3) is 2.60. The third-order valence-electron chi connectivity index (χ3n) is 5.99. The van der Waals surface area contributed by atoms with Crippen molar-refractivity contribution in [1.82, 2.24) is 9.80 Å². The van der Waals surface area contributed by atoms with Gasteiger partial charge in [-0.05, 0) is 71.0 Å². The highest BCUT2D eigenvalue weighted by molar-refractivity contribution is 5.75. The molecule has 0 bridgehead atoms. The summed E-state index contributed by atoms with van der Waals surface area (Å²) in [5.41, 5.74) is -0.453. The molecule has 0 amide bonds. The lowest BCUT2D eigenvalue weighted by atomic mass is 9.65. The molecule has 2 heterocycles. The number of piperidine rings is 1. The van der Waals surface area contributed by atoms with Crippen LogP contribution in [0.25, 0.3) is 0 Å². The van der Waals surface area contributed by atoms with E-state index in [2.05, 4.69) is 16.8 Å². The number of carboxylic acids is 1. The molecule has 0 aromatic heterocycles. The molecule has 4 nitrogen and oxygen atoms in total. The second-order valence-corrected chi connectivity index (χ2v) is 7.64. The Morgan fingerprint density at radius 3 is 2.45 bits per heavy atom. The van der Waals surface area contributed by atoms with Crippen LogP contribution in [0.2, 0.25) is 0 Å². The van der Waals surface area contributed by atoms with Crippen LogP contribution >= 0.6 is 0 Å². The number of carbonyl (C=O) groups is 1. The molecule has 0 aromatic rings. The Hall–Kier alpha value is -0.610. The van der Waals surface area contributed by atoms with Gasteiger partial charge in [-0.1, -0.05) is 0 Å². The van der Waals surface area contributed by atoms with E-state index in [0.717, 1.165) is 24.7 Å². The smallest absolute Gasteiger partial charge is 0.309 e. The highest BCUT2D eigenvalue weighted by atomic mass is 16.4. The SMILES string of the molecule is CN1CCC(C2CCCN(C3CC(C)(C(=O)O)C3)C2)C1. The molecule has 0 radical (unpaired) electrons. The molecule has 1 saturated carbocycles. The van der Waals surface area contributed by atoms with E-state index in [1.54, 1.807) is 0 Å². The first-order chi connectivity index (χ1) is 9.48. The number of carboxylic acid groups (broad SMARTS) is 1. The van der Waals surface area contributed by atoms with E-state index in [9.17, 15) is 9.90 Å². The summed E-state index contributed by atoms with van der Waals surface area (Å²) in [6, 6.07) is 0.526. The molecule has 2 unspecified atom stereocenters. The molecule has 3 rings (SSSR count). The second-order valence-electron chi connectivity index (χ2n) is 7.64. The van der Waals surface area contributed by atoms with Gasteiger partial charge in [0.15, 0.2) is 0 Å². The summed E-state index contributed by atoms with van der Waals surface area (Å²) >= 11 is 0. The zero-order valence-corrected chi connectivity index (χ0v) is 12.8. The molecule has 3 aliphatic rings. The second kappa shape index (κ2) is 5.30. The van der Waals surface area contributed by atoms with Crippen molar-refractivity contribution in [2.45, 2.75) is 45.1 Å². The van der Waals surface area contributed by atoms with Crippen LogP contribution in [0.3, 0.4) is 0 Å². The van der Waals surface area contributed by atoms with E-state index >= 15 is 0 Å². The van der Waals surface area contributed by atoms with Crippen LogP contribution in [0.4, 0.5) is 0 Å². The molecule has 2 aliphatic heterocycles. The number of nitrogens with zero attached hydrogens (tertiary/aromatic N) is 2. The summed E-state index contributed by atoms with van der Waals surface area (Å²) in [6.07, 6.45) is 5.72. The van der Waals surface area contributed by atoms with Crippen LogP contribution in [0.5, 0.6) is 0 Å². The average molecular weight is 280 g/mol. The van der Waals surface area contributed by atoms with E-state index in [-0.39, 0.29) is 0 Å². The summed E-state index contributed by atoms with van der Waals surface area (Å²) in [5.74, 6) is 1.10. The first kappa shape index (κ1) is 14.3. The molecule has 2 saturated heterocycles. The minimum Gasteiger partial charge on any atom is -0.481 e. The summed E-state index contributed by atoms with van der Waals surface area (Å²) in [4.78, 5) is 16.3. The quantitative estimate of drug-likeness (QED) is 0.857. The lowest BCUT2D eigenvalue weighted by Crippen LogP contribution is -2.55. The monoisotopic (exact) mass is 280 g/mol. The Kier molecular flexibility index (Phi) is 3.80. The van der Waals surface area contributed by atoms with E-state index in [4.69, 9.17) is 0 Å². The first-order valence-electron chi connectivity index (χ1n) is 8.14. The van der Waals surface area contributed by atoms with Gasteiger partial charge in [-0.3, -0.25) is 4.79 Å². The number of likely N-dealkylation sites (tertiary alicyclic amines) is 2. The lowest BCUT2D eigenvalue weighted by molar-refractivity contribution is -0.158. The maximum atomic E-state index is 11.2. The number of rotatable bonds is 3. The Bertz CT molecular complexity index is 379. The van der Waals surface area contributed by atoms with Gasteiger partial charge in [-0.15, -0.1) is 0 Å². The van der Waals surface area contributed by atoms with E-state index < -0.39 is 11.4 Å². The molecule has 0 spiro atoms. The maximum absolute atomic E-state index is 11.2. The minimum atomic E-state index is -0.611. The molecular weight excluding hydrogens is 252 g/mol. The van der Waals surface area contributed by atoms with Crippen LogP contribution in [-0.4, -0.2) is 60.1 Å². The Labute approximate surface area is 122 Å². The maximum Gasteiger partial charge on any atom is 0.309 e.